The maximum Gasteiger partial charge on any atom is 0.244 e. The number of likely N-dealkylation sites (tertiary alicyclic amines) is 1. The molecule has 2 bridgehead atoms. The lowest BCUT2D eigenvalue weighted by Gasteiger charge is -2.31. The van der Waals surface area contributed by atoms with E-state index in [1.165, 1.54) is 12.8 Å². The molecule has 2 aromatic rings. The second kappa shape index (κ2) is 6.40. The summed E-state index contributed by atoms with van der Waals surface area (Å²) in [5, 5.41) is 0. The fraction of sp³-hybridized carbons (Fsp3) is 0.429. The quantitative estimate of drug-likeness (QED) is 0.851. The molecule has 0 spiro atoms. The van der Waals surface area contributed by atoms with E-state index in [-0.39, 0.29) is 18.1 Å². The zero-order chi connectivity index (χ0) is 17.5. The first-order chi connectivity index (χ1) is 12.8. The van der Waals surface area contributed by atoms with Crippen LogP contribution in [0.4, 0.5) is 5.69 Å². The molecule has 1 amide bonds. The summed E-state index contributed by atoms with van der Waals surface area (Å²) in [4.78, 5) is 22.1. The van der Waals surface area contributed by atoms with Gasteiger partial charge in [0.15, 0.2) is 0 Å². The SMILES string of the molecule is O=C1[C@@H]2C[C@@H](CN2Cc2ccccn2)Oc2ccccc2N1CC1CC1. The average Bonchev–Trinajstić information content (AvgIpc) is 3.39. The average molecular weight is 349 g/mol. The van der Waals surface area contributed by atoms with Gasteiger partial charge in [0.05, 0.1) is 17.4 Å². The normalized spacial score (nSPS) is 25.4. The van der Waals surface area contributed by atoms with Gasteiger partial charge in [0.2, 0.25) is 5.91 Å². The molecule has 0 unspecified atom stereocenters. The van der Waals surface area contributed by atoms with Crippen LogP contribution in [0.25, 0.3) is 0 Å². The number of ether oxygens (including phenoxy) is 1. The number of carbonyl (C=O) groups is 1. The maximum atomic E-state index is 13.5. The summed E-state index contributed by atoms with van der Waals surface area (Å²) in [5.74, 6) is 1.68. The molecule has 5 rings (SSSR count). The van der Waals surface area contributed by atoms with Crippen LogP contribution < -0.4 is 9.64 Å². The predicted octanol–water partition coefficient (Wildman–Crippen LogP) is 2.86. The van der Waals surface area contributed by atoms with E-state index in [1.54, 1.807) is 0 Å². The Morgan fingerprint density at radius 3 is 2.77 bits per heavy atom. The highest BCUT2D eigenvalue weighted by molar-refractivity contribution is 5.99. The Balaban J connectivity index is 1.47. The molecule has 1 aliphatic carbocycles. The Morgan fingerprint density at radius 2 is 1.96 bits per heavy atom. The van der Waals surface area contributed by atoms with Crippen molar-refractivity contribution in [3.8, 4) is 5.75 Å². The van der Waals surface area contributed by atoms with Crippen LogP contribution in [0.15, 0.2) is 48.7 Å². The van der Waals surface area contributed by atoms with Gasteiger partial charge in [-0.2, -0.15) is 0 Å². The molecule has 0 N–H and O–H groups in total. The summed E-state index contributed by atoms with van der Waals surface area (Å²) in [6.07, 6.45) is 5.05. The lowest BCUT2D eigenvalue weighted by Crippen LogP contribution is -2.46. The number of hydrogen-bond donors (Lipinski definition) is 0. The molecule has 5 nitrogen and oxygen atoms in total. The maximum absolute atomic E-state index is 13.5. The third kappa shape index (κ3) is 2.97. The highest BCUT2D eigenvalue weighted by Crippen LogP contribution is 2.39. The van der Waals surface area contributed by atoms with Gasteiger partial charge in [-0.3, -0.25) is 14.7 Å². The van der Waals surface area contributed by atoms with Crippen molar-refractivity contribution in [2.45, 2.75) is 38.0 Å². The van der Waals surface area contributed by atoms with Crippen LogP contribution >= 0.6 is 0 Å². The number of benzene rings is 1. The van der Waals surface area contributed by atoms with Crippen LogP contribution in [0, 0.1) is 5.92 Å². The first-order valence-electron chi connectivity index (χ1n) is 9.49. The monoisotopic (exact) mass is 349 g/mol. The smallest absolute Gasteiger partial charge is 0.244 e. The molecule has 2 fully saturated rings. The van der Waals surface area contributed by atoms with Crippen molar-refractivity contribution >= 4 is 11.6 Å². The zero-order valence-electron chi connectivity index (χ0n) is 14.8. The summed E-state index contributed by atoms with van der Waals surface area (Å²) >= 11 is 0. The number of pyridine rings is 1. The number of rotatable bonds is 4. The van der Waals surface area contributed by atoms with E-state index in [9.17, 15) is 4.79 Å². The van der Waals surface area contributed by atoms with Gasteiger partial charge in [-0.05, 0) is 43.0 Å². The van der Waals surface area contributed by atoms with Gasteiger partial charge in [0.25, 0.3) is 0 Å². The Morgan fingerprint density at radius 1 is 1.12 bits per heavy atom. The van der Waals surface area contributed by atoms with E-state index >= 15 is 0 Å². The molecular formula is C21H23N3O2. The summed E-state index contributed by atoms with van der Waals surface area (Å²) in [7, 11) is 0. The second-order valence-corrected chi connectivity index (χ2v) is 7.60. The van der Waals surface area contributed by atoms with Gasteiger partial charge in [-0.15, -0.1) is 0 Å². The minimum atomic E-state index is -0.130. The Labute approximate surface area is 153 Å². The molecule has 134 valence electrons. The van der Waals surface area contributed by atoms with Crippen LogP contribution in [-0.4, -0.2) is 41.0 Å². The first-order valence-corrected chi connectivity index (χ1v) is 9.49. The lowest BCUT2D eigenvalue weighted by molar-refractivity contribution is -0.123. The molecule has 0 radical (unpaired) electrons. The summed E-state index contributed by atoms with van der Waals surface area (Å²) in [6, 6.07) is 13.8. The summed E-state index contributed by atoms with van der Waals surface area (Å²) < 4.78 is 6.32. The number of nitrogens with zero attached hydrogens (tertiary/aromatic N) is 3. The van der Waals surface area contributed by atoms with Gasteiger partial charge in [-0.1, -0.05) is 18.2 Å². The third-order valence-electron chi connectivity index (χ3n) is 5.59. The molecule has 1 aromatic heterocycles. The van der Waals surface area contributed by atoms with Crippen molar-refractivity contribution in [2.75, 3.05) is 18.0 Å². The number of anilines is 1. The van der Waals surface area contributed by atoms with E-state index in [2.05, 4.69) is 9.88 Å². The predicted molar refractivity (Wildman–Crippen MR) is 99.0 cm³/mol. The molecule has 2 atom stereocenters. The van der Waals surface area contributed by atoms with Gasteiger partial charge >= 0.3 is 0 Å². The molecule has 1 aromatic carbocycles. The summed E-state index contributed by atoms with van der Waals surface area (Å²) in [5.41, 5.74) is 1.93. The van der Waals surface area contributed by atoms with Crippen molar-refractivity contribution in [3.63, 3.8) is 0 Å². The first kappa shape index (κ1) is 15.8. The molecule has 3 aliphatic rings. The van der Waals surface area contributed by atoms with Crippen LogP contribution in [0.5, 0.6) is 5.75 Å². The van der Waals surface area contributed by atoms with Crippen molar-refractivity contribution < 1.29 is 9.53 Å². The van der Waals surface area contributed by atoms with Crippen molar-refractivity contribution in [1.82, 2.24) is 9.88 Å². The Kier molecular flexibility index (Phi) is 3.89. The number of fused-ring (bicyclic) bond motifs is 3. The largest absolute Gasteiger partial charge is 0.487 e. The molecular weight excluding hydrogens is 326 g/mol. The standard InChI is InChI=1S/C21H23N3O2/c25-21-19-11-17(14-23(19)13-16-5-3-4-10-22-16)26-20-7-2-1-6-18(20)24(21)12-15-8-9-15/h1-7,10,15,17,19H,8-9,11-14H2/t17-,19-/m0/s1. The highest BCUT2D eigenvalue weighted by Gasteiger charge is 2.43. The summed E-state index contributed by atoms with van der Waals surface area (Å²) in [6.45, 7) is 2.25. The second-order valence-electron chi connectivity index (χ2n) is 7.60. The van der Waals surface area contributed by atoms with Gasteiger partial charge < -0.3 is 9.64 Å². The van der Waals surface area contributed by atoms with Crippen LogP contribution in [0.2, 0.25) is 0 Å². The molecule has 3 heterocycles. The third-order valence-corrected chi connectivity index (χ3v) is 5.59. The molecule has 2 aliphatic heterocycles. The van der Waals surface area contributed by atoms with E-state index in [0.717, 1.165) is 36.6 Å². The van der Waals surface area contributed by atoms with Crippen LogP contribution in [0.3, 0.4) is 0 Å². The van der Waals surface area contributed by atoms with Crippen LogP contribution in [0.1, 0.15) is 25.0 Å². The highest BCUT2D eigenvalue weighted by atomic mass is 16.5. The topological polar surface area (TPSA) is 45.7 Å². The lowest BCUT2D eigenvalue weighted by atomic mass is 10.1. The molecule has 1 saturated heterocycles. The van der Waals surface area contributed by atoms with Crippen molar-refractivity contribution in [1.29, 1.82) is 0 Å². The van der Waals surface area contributed by atoms with Crippen LogP contribution in [-0.2, 0) is 11.3 Å². The Hall–Kier alpha value is -2.40. The minimum Gasteiger partial charge on any atom is -0.487 e. The number of para-hydroxylation sites is 2. The number of amides is 1. The van der Waals surface area contributed by atoms with E-state index in [0.29, 0.717) is 12.5 Å². The number of carbonyl (C=O) groups excluding carboxylic acids is 1. The van der Waals surface area contributed by atoms with Gasteiger partial charge in [0, 0.05) is 32.3 Å². The zero-order valence-corrected chi connectivity index (χ0v) is 14.8. The number of aromatic nitrogens is 1. The van der Waals surface area contributed by atoms with E-state index < -0.39 is 0 Å². The van der Waals surface area contributed by atoms with Crippen molar-refractivity contribution in [2.24, 2.45) is 5.92 Å². The molecule has 26 heavy (non-hydrogen) atoms. The van der Waals surface area contributed by atoms with E-state index in [1.807, 2.05) is 53.6 Å². The fourth-order valence-electron chi connectivity index (χ4n) is 4.08. The van der Waals surface area contributed by atoms with Crippen molar-refractivity contribution in [3.05, 3.63) is 54.4 Å². The fourth-order valence-corrected chi connectivity index (χ4v) is 4.08. The molecule has 1 saturated carbocycles. The van der Waals surface area contributed by atoms with E-state index in [4.69, 9.17) is 4.74 Å². The minimum absolute atomic E-state index is 0.0527. The van der Waals surface area contributed by atoms with Gasteiger partial charge in [-0.25, -0.2) is 0 Å². The Bertz CT molecular complexity index is 806. The molecule has 5 heteroatoms. The number of hydrogen-bond acceptors (Lipinski definition) is 4. The van der Waals surface area contributed by atoms with Gasteiger partial charge in [0.1, 0.15) is 11.9 Å².